The molecule has 19 heavy (non-hydrogen) atoms. The maximum absolute atomic E-state index is 12.2. The highest BCUT2D eigenvalue weighted by Gasteiger charge is 2.13. The molecule has 0 aliphatic heterocycles. The molecule has 2 aromatic rings. The average molecular weight is 344 g/mol. The van der Waals surface area contributed by atoms with Crippen molar-refractivity contribution < 1.29 is 4.79 Å². The van der Waals surface area contributed by atoms with Crippen LogP contribution in [0.5, 0.6) is 0 Å². The lowest BCUT2D eigenvalue weighted by molar-refractivity contribution is 0.101. The number of aromatic nitrogens is 3. The molecule has 7 heteroatoms. The quantitative estimate of drug-likeness (QED) is 0.866. The van der Waals surface area contributed by atoms with Crippen molar-refractivity contribution in [3.63, 3.8) is 0 Å². The molecular weight excluding hydrogens is 332 g/mol. The Kier molecular flexibility index (Phi) is 4.55. The van der Waals surface area contributed by atoms with Gasteiger partial charge in [-0.2, -0.15) is 0 Å². The van der Waals surface area contributed by atoms with E-state index in [9.17, 15) is 4.79 Å². The van der Waals surface area contributed by atoms with Gasteiger partial charge in [-0.15, -0.1) is 0 Å². The topological polar surface area (TPSA) is 59.8 Å². The number of nitrogens with one attached hydrogen (secondary N) is 1. The average Bonchev–Trinajstić information content (AvgIpc) is 2.71. The Morgan fingerprint density at radius 1 is 1.47 bits per heavy atom. The summed E-state index contributed by atoms with van der Waals surface area (Å²) in [5.74, 6) is 0.152. The number of aryl methyl sites for hydroxylation is 1. The number of halogens is 2. The monoisotopic (exact) mass is 342 g/mol. The third kappa shape index (κ3) is 3.54. The zero-order chi connectivity index (χ0) is 13.8. The highest BCUT2D eigenvalue weighted by molar-refractivity contribution is 9.10. The second-order valence-electron chi connectivity index (χ2n) is 3.92. The number of nitrogens with zero attached hydrogens (tertiary/aromatic N) is 3. The second kappa shape index (κ2) is 6.16. The molecule has 2 heterocycles. The van der Waals surface area contributed by atoms with Gasteiger partial charge in [0.1, 0.15) is 23.0 Å². The lowest BCUT2D eigenvalue weighted by atomic mass is 10.3. The van der Waals surface area contributed by atoms with Crippen LogP contribution in [0.4, 0.5) is 5.82 Å². The molecule has 0 unspecified atom stereocenters. The van der Waals surface area contributed by atoms with Crippen molar-refractivity contribution in [2.45, 2.75) is 19.9 Å². The first-order valence-corrected chi connectivity index (χ1v) is 6.92. The van der Waals surface area contributed by atoms with Crippen LogP contribution >= 0.6 is 27.5 Å². The summed E-state index contributed by atoms with van der Waals surface area (Å²) in [6.07, 6.45) is 4.13. The van der Waals surface area contributed by atoms with Gasteiger partial charge in [-0.1, -0.05) is 18.5 Å². The first-order valence-electron chi connectivity index (χ1n) is 5.74. The molecule has 100 valence electrons. The molecule has 0 aliphatic rings. The first kappa shape index (κ1) is 14.0. The van der Waals surface area contributed by atoms with E-state index < -0.39 is 0 Å². The third-order valence-electron chi connectivity index (χ3n) is 2.44. The molecule has 0 spiro atoms. The van der Waals surface area contributed by atoms with Crippen LogP contribution in [-0.4, -0.2) is 20.4 Å². The minimum atomic E-state index is -0.228. The lowest BCUT2D eigenvalue weighted by Crippen LogP contribution is -2.17. The van der Waals surface area contributed by atoms with Crippen LogP contribution in [0.15, 0.2) is 29.1 Å². The van der Waals surface area contributed by atoms with E-state index in [1.54, 1.807) is 6.07 Å². The molecule has 0 atom stereocenters. The fourth-order valence-corrected chi connectivity index (χ4v) is 2.28. The van der Waals surface area contributed by atoms with Crippen LogP contribution in [0.2, 0.25) is 5.15 Å². The van der Waals surface area contributed by atoms with E-state index in [-0.39, 0.29) is 11.1 Å². The first-order chi connectivity index (χ1) is 9.10. The Labute approximate surface area is 124 Å². The fourth-order valence-electron chi connectivity index (χ4n) is 1.67. The van der Waals surface area contributed by atoms with Gasteiger partial charge in [0.2, 0.25) is 0 Å². The molecule has 0 fully saturated rings. The van der Waals surface area contributed by atoms with E-state index in [1.807, 2.05) is 10.8 Å². The molecule has 0 aromatic carbocycles. The SMILES string of the molecule is CCCn1cc(Br)cc1C(=O)Nc1cc(Cl)ncn1. The number of hydrogen-bond acceptors (Lipinski definition) is 3. The van der Waals surface area contributed by atoms with Crippen molar-refractivity contribution in [1.82, 2.24) is 14.5 Å². The summed E-state index contributed by atoms with van der Waals surface area (Å²) < 4.78 is 2.76. The van der Waals surface area contributed by atoms with Crippen LogP contribution in [0.3, 0.4) is 0 Å². The summed E-state index contributed by atoms with van der Waals surface area (Å²) in [5.41, 5.74) is 0.573. The number of anilines is 1. The number of carbonyl (C=O) groups is 1. The number of carbonyl (C=O) groups excluding carboxylic acids is 1. The summed E-state index contributed by atoms with van der Waals surface area (Å²) in [5, 5.41) is 2.98. The summed E-state index contributed by atoms with van der Waals surface area (Å²) in [4.78, 5) is 19.9. The van der Waals surface area contributed by atoms with Crippen LogP contribution in [-0.2, 0) is 6.54 Å². The van der Waals surface area contributed by atoms with E-state index in [4.69, 9.17) is 11.6 Å². The van der Waals surface area contributed by atoms with Gasteiger partial charge >= 0.3 is 0 Å². The Hall–Kier alpha value is -1.40. The van der Waals surface area contributed by atoms with Gasteiger partial charge in [-0.25, -0.2) is 9.97 Å². The Morgan fingerprint density at radius 2 is 2.26 bits per heavy atom. The molecule has 0 radical (unpaired) electrons. The van der Waals surface area contributed by atoms with Gasteiger partial charge in [0.15, 0.2) is 0 Å². The predicted molar refractivity (Wildman–Crippen MR) is 77.4 cm³/mol. The van der Waals surface area contributed by atoms with Gasteiger partial charge in [-0.3, -0.25) is 4.79 Å². The minimum Gasteiger partial charge on any atom is -0.342 e. The number of amides is 1. The van der Waals surface area contributed by atoms with E-state index in [0.29, 0.717) is 11.5 Å². The molecule has 5 nitrogen and oxygen atoms in total. The summed E-state index contributed by atoms with van der Waals surface area (Å²) >= 11 is 9.12. The molecule has 0 aliphatic carbocycles. The van der Waals surface area contributed by atoms with Gasteiger partial charge in [-0.05, 0) is 28.4 Å². The van der Waals surface area contributed by atoms with Crippen molar-refractivity contribution in [3.05, 3.63) is 40.0 Å². The Bertz CT molecular complexity index is 599. The maximum Gasteiger partial charge on any atom is 0.273 e. The molecule has 1 N–H and O–H groups in total. The summed E-state index contributed by atoms with van der Waals surface area (Å²) in [6, 6.07) is 3.27. The summed E-state index contributed by atoms with van der Waals surface area (Å²) in [6.45, 7) is 2.83. The lowest BCUT2D eigenvalue weighted by Gasteiger charge is -2.08. The Morgan fingerprint density at radius 3 is 2.95 bits per heavy atom. The van der Waals surface area contributed by atoms with E-state index in [2.05, 4.69) is 38.1 Å². The standard InChI is InChI=1S/C12H12BrClN4O/c1-2-3-18-6-8(13)4-9(18)12(19)17-11-5-10(14)15-7-16-11/h4-7H,2-3H2,1H3,(H,15,16,17,19). The van der Waals surface area contributed by atoms with Crippen molar-refractivity contribution in [2.24, 2.45) is 0 Å². The van der Waals surface area contributed by atoms with Crippen LogP contribution in [0.1, 0.15) is 23.8 Å². The van der Waals surface area contributed by atoms with E-state index >= 15 is 0 Å². The van der Waals surface area contributed by atoms with Gasteiger partial charge < -0.3 is 9.88 Å². The smallest absolute Gasteiger partial charge is 0.273 e. The third-order valence-corrected chi connectivity index (χ3v) is 3.08. The van der Waals surface area contributed by atoms with Gasteiger partial charge in [0.05, 0.1) is 0 Å². The van der Waals surface area contributed by atoms with Gasteiger partial charge in [0, 0.05) is 23.3 Å². The molecular formula is C12H12BrClN4O. The maximum atomic E-state index is 12.2. The predicted octanol–water partition coefficient (Wildman–Crippen LogP) is 3.36. The summed E-state index contributed by atoms with van der Waals surface area (Å²) in [7, 11) is 0. The highest BCUT2D eigenvalue weighted by Crippen LogP contribution is 2.17. The number of hydrogen-bond donors (Lipinski definition) is 1. The van der Waals surface area contributed by atoms with E-state index in [0.717, 1.165) is 17.4 Å². The highest BCUT2D eigenvalue weighted by atomic mass is 79.9. The second-order valence-corrected chi connectivity index (χ2v) is 5.22. The fraction of sp³-hybridized carbons (Fsp3) is 0.250. The van der Waals surface area contributed by atoms with Crippen molar-refractivity contribution >= 4 is 39.3 Å². The number of rotatable bonds is 4. The van der Waals surface area contributed by atoms with Crippen molar-refractivity contribution in [1.29, 1.82) is 0 Å². The van der Waals surface area contributed by atoms with Crippen molar-refractivity contribution in [3.8, 4) is 0 Å². The normalized spacial score (nSPS) is 10.5. The zero-order valence-corrected chi connectivity index (χ0v) is 12.6. The molecule has 0 saturated carbocycles. The largest absolute Gasteiger partial charge is 0.342 e. The minimum absolute atomic E-state index is 0.228. The van der Waals surface area contributed by atoms with Gasteiger partial charge in [0.25, 0.3) is 5.91 Å². The molecule has 0 saturated heterocycles. The Balaban J connectivity index is 2.20. The van der Waals surface area contributed by atoms with Crippen LogP contribution in [0.25, 0.3) is 0 Å². The van der Waals surface area contributed by atoms with Crippen LogP contribution < -0.4 is 5.32 Å². The van der Waals surface area contributed by atoms with E-state index in [1.165, 1.54) is 12.4 Å². The molecule has 1 amide bonds. The molecule has 2 aromatic heterocycles. The van der Waals surface area contributed by atoms with Crippen molar-refractivity contribution in [2.75, 3.05) is 5.32 Å². The van der Waals surface area contributed by atoms with Crippen LogP contribution in [0, 0.1) is 0 Å². The zero-order valence-electron chi connectivity index (χ0n) is 10.2. The molecule has 2 rings (SSSR count). The molecule has 0 bridgehead atoms.